The summed E-state index contributed by atoms with van der Waals surface area (Å²) in [5, 5.41) is 10.5. The maximum absolute atomic E-state index is 12.3. The monoisotopic (exact) mass is 397 g/mol. The largest absolute Gasteiger partial charge is 0.507 e. The maximum atomic E-state index is 12.3. The minimum absolute atomic E-state index is 0.0763. The molecule has 0 saturated carbocycles. The standard InChI is InChI=1S/C24H19N3O3/c1-15-12-13-19(20(28)14-15)23-26-21(16-8-4-3-5-9-16)25-22(27-23)17-10-6-7-11-18(17)24(29)30-2/h3-14,28H,1-2H3. The lowest BCUT2D eigenvalue weighted by Crippen LogP contribution is -2.06. The zero-order chi connectivity index (χ0) is 21.1. The van der Waals surface area contributed by atoms with Gasteiger partial charge in [-0.3, -0.25) is 0 Å². The van der Waals surface area contributed by atoms with Gasteiger partial charge in [-0.15, -0.1) is 0 Å². The molecule has 1 N–H and O–H groups in total. The van der Waals surface area contributed by atoms with Gasteiger partial charge in [0.05, 0.1) is 18.2 Å². The first-order valence-corrected chi connectivity index (χ1v) is 9.36. The van der Waals surface area contributed by atoms with Crippen molar-refractivity contribution in [3.05, 3.63) is 83.9 Å². The minimum Gasteiger partial charge on any atom is -0.507 e. The van der Waals surface area contributed by atoms with Crippen LogP contribution in [-0.4, -0.2) is 33.1 Å². The number of methoxy groups -OCH3 is 1. The van der Waals surface area contributed by atoms with Gasteiger partial charge in [0.1, 0.15) is 5.75 Å². The molecule has 6 nitrogen and oxygen atoms in total. The number of hydrogen-bond acceptors (Lipinski definition) is 6. The van der Waals surface area contributed by atoms with Crippen molar-refractivity contribution in [2.24, 2.45) is 0 Å². The molecule has 0 aliphatic carbocycles. The van der Waals surface area contributed by atoms with Crippen LogP contribution in [0.1, 0.15) is 15.9 Å². The number of hydrogen-bond donors (Lipinski definition) is 1. The normalized spacial score (nSPS) is 10.6. The third-order valence-electron chi connectivity index (χ3n) is 4.63. The minimum atomic E-state index is -0.480. The predicted molar refractivity (Wildman–Crippen MR) is 114 cm³/mol. The van der Waals surface area contributed by atoms with Crippen LogP contribution < -0.4 is 0 Å². The quantitative estimate of drug-likeness (QED) is 0.504. The van der Waals surface area contributed by atoms with Crippen molar-refractivity contribution < 1.29 is 14.6 Å². The zero-order valence-corrected chi connectivity index (χ0v) is 16.5. The summed E-state index contributed by atoms with van der Waals surface area (Å²) in [6.45, 7) is 1.89. The molecule has 0 bridgehead atoms. The number of benzene rings is 3. The number of phenols is 1. The van der Waals surface area contributed by atoms with E-state index in [2.05, 4.69) is 15.0 Å². The van der Waals surface area contributed by atoms with Gasteiger partial charge < -0.3 is 9.84 Å². The molecule has 0 radical (unpaired) electrons. The fourth-order valence-corrected chi connectivity index (χ4v) is 3.13. The first kappa shape index (κ1) is 19.3. The third kappa shape index (κ3) is 3.75. The van der Waals surface area contributed by atoms with Gasteiger partial charge in [0.15, 0.2) is 17.5 Å². The zero-order valence-electron chi connectivity index (χ0n) is 16.5. The number of rotatable bonds is 4. The van der Waals surface area contributed by atoms with Gasteiger partial charge in [-0.2, -0.15) is 0 Å². The molecule has 1 aromatic heterocycles. The van der Waals surface area contributed by atoms with E-state index in [1.54, 1.807) is 36.4 Å². The van der Waals surface area contributed by atoms with E-state index >= 15 is 0 Å². The third-order valence-corrected chi connectivity index (χ3v) is 4.63. The second-order valence-corrected chi connectivity index (χ2v) is 6.73. The first-order chi connectivity index (χ1) is 14.6. The molecule has 148 valence electrons. The molecular formula is C24H19N3O3. The van der Waals surface area contributed by atoms with Crippen LogP contribution in [0.2, 0.25) is 0 Å². The van der Waals surface area contributed by atoms with E-state index in [1.807, 2.05) is 43.3 Å². The van der Waals surface area contributed by atoms with Gasteiger partial charge >= 0.3 is 5.97 Å². The van der Waals surface area contributed by atoms with Gasteiger partial charge in [-0.1, -0.05) is 54.6 Å². The van der Waals surface area contributed by atoms with Gasteiger partial charge in [0.2, 0.25) is 0 Å². The van der Waals surface area contributed by atoms with Crippen LogP contribution in [-0.2, 0) is 4.74 Å². The second-order valence-electron chi connectivity index (χ2n) is 6.73. The van der Waals surface area contributed by atoms with Crippen LogP contribution in [0.4, 0.5) is 0 Å². The number of aryl methyl sites for hydroxylation is 1. The van der Waals surface area contributed by atoms with E-state index in [0.717, 1.165) is 11.1 Å². The molecule has 0 amide bonds. The molecule has 6 heteroatoms. The molecule has 3 aromatic carbocycles. The highest BCUT2D eigenvalue weighted by molar-refractivity contribution is 5.96. The first-order valence-electron chi connectivity index (χ1n) is 9.36. The highest BCUT2D eigenvalue weighted by atomic mass is 16.5. The lowest BCUT2D eigenvalue weighted by molar-refractivity contribution is 0.0601. The maximum Gasteiger partial charge on any atom is 0.338 e. The molecule has 1 heterocycles. The Bertz CT molecular complexity index is 1220. The second kappa shape index (κ2) is 8.13. The molecule has 30 heavy (non-hydrogen) atoms. The predicted octanol–water partition coefficient (Wildman–Crippen LogP) is 4.67. The van der Waals surface area contributed by atoms with E-state index < -0.39 is 5.97 Å². The summed E-state index contributed by atoms with van der Waals surface area (Å²) in [4.78, 5) is 26.1. The van der Waals surface area contributed by atoms with Gasteiger partial charge in [-0.25, -0.2) is 19.7 Å². The van der Waals surface area contributed by atoms with Gasteiger partial charge in [0.25, 0.3) is 0 Å². The van der Waals surface area contributed by atoms with E-state index in [0.29, 0.717) is 34.2 Å². The molecule has 0 spiro atoms. The average Bonchev–Trinajstić information content (AvgIpc) is 2.79. The molecule has 0 fully saturated rings. The van der Waals surface area contributed by atoms with Crippen LogP contribution >= 0.6 is 0 Å². The number of carbonyl (C=O) groups excluding carboxylic acids is 1. The van der Waals surface area contributed by atoms with Crippen molar-refractivity contribution in [1.29, 1.82) is 0 Å². The Hall–Kier alpha value is -4.06. The summed E-state index contributed by atoms with van der Waals surface area (Å²) in [5.41, 5.74) is 3.08. The average molecular weight is 397 g/mol. The van der Waals surface area contributed by atoms with Crippen molar-refractivity contribution in [2.45, 2.75) is 6.92 Å². The highest BCUT2D eigenvalue weighted by Crippen LogP contribution is 2.31. The van der Waals surface area contributed by atoms with Crippen LogP contribution in [0, 0.1) is 6.92 Å². The van der Waals surface area contributed by atoms with Crippen molar-refractivity contribution in [3.8, 4) is 39.9 Å². The molecule has 0 saturated heterocycles. The van der Waals surface area contributed by atoms with Crippen molar-refractivity contribution in [1.82, 2.24) is 15.0 Å². The molecule has 4 rings (SSSR count). The molecular weight excluding hydrogens is 378 g/mol. The van der Waals surface area contributed by atoms with Crippen LogP contribution in [0.15, 0.2) is 72.8 Å². The number of carbonyl (C=O) groups is 1. The molecule has 0 unspecified atom stereocenters. The Labute approximate surface area is 173 Å². The van der Waals surface area contributed by atoms with E-state index in [4.69, 9.17) is 4.74 Å². The SMILES string of the molecule is COC(=O)c1ccccc1-c1nc(-c2ccccc2)nc(-c2ccc(C)cc2O)n1. The number of nitrogens with zero attached hydrogens (tertiary/aromatic N) is 3. The summed E-state index contributed by atoms with van der Waals surface area (Å²) in [6, 6.07) is 21.8. The number of esters is 1. The smallest absolute Gasteiger partial charge is 0.338 e. The van der Waals surface area contributed by atoms with Gasteiger partial charge in [0, 0.05) is 11.1 Å². The molecule has 0 aliphatic rings. The lowest BCUT2D eigenvalue weighted by atomic mass is 10.1. The highest BCUT2D eigenvalue weighted by Gasteiger charge is 2.19. The summed E-state index contributed by atoms with van der Waals surface area (Å²) in [5.74, 6) is 0.672. The Morgan fingerprint density at radius 3 is 2.13 bits per heavy atom. The number of aromatic hydroxyl groups is 1. The number of ether oxygens (including phenoxy) is 1. The fourth-order valence-electron chi connectivity index (χ4n) is 3.13. The Morgan fingerprint density at radius 2 is 1.43 bits per heavy atom. The Kier molecular flexibility index (Phi) is 5.22. The summed E-state index contributed by atoms with van der Waals surface area (Å²) >= 11 is 0. The van der Waals surface area contributed by atoms with Crippen molar-refractivity contribution in [2.75, 3.05) is 7.11 Å². The van der Waals surface area contributed by atoms with Crippen molar-refractivity contribution >= 4 is 5.97 Å². The Balaban J connectivity index is 1.97. The molecule has 0 atom stereocenters. The number of phenolic OH excluding ortho intramolecular Hbond substituents is 1. The van der Waals surface area contributed by atoms with E-state index in [-0.39, 0.29) is 5.75 Å². The Morgan fingerprint density at radius 1 is 0.800 bits per heavy atom. The van der Waals surface area contributed by atoms with Crippen LogP contribution in [0.3, 0.4) is 0 Å². The molecule has 0 aliphatic heterocycles. The van der Waals surface area contributed by atoms with Crippen LogP contribution in [0.5, 0.6) is 5.75 Å². The van der Waals surface area contributed by atoms with Crippen molar-refractivity contribution in [3.63, 3.8) is 0 Å². The van der Waals surface area contributed by atoms with Gasteiger partial charge in [-0.05, 0) is 30.7 Å². The summed E-state index contributed by atoms with van der Waals surface area (Å²) in [6.07, 6.45) is 0. The topological polar surface area (TPSA) is 85.2 Å². The summed E-state index contributed by atoms with van der Waals surface area (Å²) in [7, 11) is 1.33. The molecule has 4 aromatic rings. The fraction of sp³-hybridized carbons (Fsp3) is 0.0833. The lowest BCUT2D eigenvalue weighted by Gasteiger charge is -2.11. The summed E-state index contributed by atoms with van der Waals surface area (Å²) < 4.78 is 4.91. The van der Waals surface area contributed by atoms with Crippen LogP contribution in [0.25, 0.3) is 34.2 Å². The number of aromatic nitrogens is 3. The van der Waals surface area contributed by atoms with E-state index in [9.17, 15) is 9.90 Å². The van der Waals surface area contributed by atoms with E-state index in [1.165, 1.54) is 7.11 Å².